The van der Waals surface area contributed by atoms with Crippen molar-refractivity contribution in [2.75, 3.05) is 0 Å². The fraction of sp³-hybridized carbons (Fsp3) is 0.444. The summed E-state index contributed by atoms with van der Waals surface area (Å²) in [4.78, 5) is 2.42. The highest BCUT2D eigenvalue weighted by Crippen LogP contribution is 2.33. The van der Waals surface area contributed by atoms with E-state index in [0.717, 1.165) is 15.5 Å². The number of tetrazole rings is 1. The SMILES string of the molecule is Cc1csc(C(Cc2nnn(C)n2)NN)c1Cl. The van der Waals surface area contributed by atoms with E-state index in [-0.39, 0.29) is 6.04 Å². The predicted octanol–water partition coefficient (Wildman–Crippen LogP) is 0.981. The number of thiophene rings is 1. The van der Waals surface area contributed by atoms with E-state index in [1.807, 2.05) is 12.3 Å². The van der Waals surface area contributed by atoms with Crippen molar-refractivity contribution in [3.05, 3.63) is 26.7 Å². The smallest absolute Gasteiger partial charge is 0.176 e. The molecule has 0 fully saturated rings. The number of nitrogens with zero attached hydrogens (tertiary/aromatic N) is 4. The molecule has 0 aromatic carbocycles. The van der Waals surface area contributed by atoms with Crippen LogP contribution in [0.2, 0.25) is 5.02 Å². The van der Waals surface area contributed by atoms with Gasteiger partial charge in [-0.15, -0.1) is 21.5 Å². The second kappa shape index (κ2) is 5.09. The van der Waals surface area contributed by atoms with E-state index in [9.17, 15) is 0 Å². The van der Waals surface area contributed by atoms with Crippen LogP contribution in [0.5, 0.6) is 0 Å². The van der Waals surface area contributed by atoms with Gasteiger partial charge in [-0.05, 0) is 23.1 Å². The molecule has 92 valence electrons. The molecule has 0 aliphatic rings. The first-order chi connectivity index (χ1) is 8.11. The Labute approximate surface area is 108 Å². The Kier molecular flexibility index (Phi) is 3.72. The molecule has 8 heteroatoms. The van der Waals surface area contributed by atoms with Crippen LogP contribution < -0.4 is 11.3 Å². The van der Waals surface area contributed by atoms with Crippen LogP contribution in [0, 0.1) is 6.92 Å². The Hall–Kier alpha value is -1.02. The normalized spacial score (nSPS) is 12.9. The second-order valence-electron chi connectivity index (χ2n) is 3.72. The van der Waals surface area contributed by atoms with Crippen LogP contribution in [-0.2, 0) is 13.5 Å². The average Bonchev–Trinajstić information content (AvgIpc) is 2.85. The number of nitrogens with two attached hydrogens (primary N) is 1. The molecule has 0 radical (unpaired) electrons. The van der Waals surface area contributed by atoms with E-state index < -0.39 is 0 Å². The molecule has 2 rings (SSSR count). The first-order valence-electron chi connectivity index (χ1n) is 5.04. The molecule has 17 heavy (non-hydrogen) atoms. The van der Waals surface area contributed by atoms with Gasteiger partial charge in [0.15, 0.2) is 5.82 Å². The lowest BCUT2D eigenvalue weighted by Crippen LogP contribution is -2.29. The minimum Gasteiger partial charge on any atom is -0.271 e. The summed E-state index contributed by atoms with van der Waals surface area (Å²) in [6.07, 6.45) is 0.560. The highest BCUT2D eigenvalue weighted by Gasteiger charge is 2.19. The molecule has 0 saturated heterocycles. The molecule has 0 bridgehead atoms. The summed E-state index contributed by atoms with van der Waals surface area (Å²) in [5.74, 6) is 6.19. The van der Waals surface area contributed by atoms with Crippen LogP contribution >= 0.6 is 22.9 Å². The highest BCUT2D eigenvalue weighted by molar-refractivity contribution is 7.10. The quantitative estimate of drug-likeness (QED) is 0.641. The highest BCUT2D eigenvalue weighted by atomic mass is 35.5. The molecule has 0 amide bonds. The van der Waals surface area contributed by atoms with Crippen molar-refractivity contribution < 1.29 is 0 Å². The topological polar surface area (TPSA) is 81.7 Å². The fourth-order valence-electron chi connectivity index (χ4n) is 1.50. The van der Waals surface area contributed by atoms with Crippen LogP contribution in [0.15, 0.2) is 5.38 Å². The van der Waals surface area contributed by atoms with Crippen LogP contribution in [0.25, 0.3) is 0 Å². The number of hydrogen-bond acceptors (Lipinski definition) is 6. The Bertz CT molecular complexity index is 507. The maximum atomic E-state index is 6.21. The molecule has 0 aliphatic heterocycles. The van der Waals surface area contributed by atoms with Crippen LogP contribution in [0.3, 0.4) is 0 Å². The molecule has 1 atom stereocenters. The van der Waals surface area contributed by atoms with E-state index in [4.69, 9.17) is 17.4 Å². The van der Waals surface area contributed by atoms with Crippen LogP contribution in [0.1, 0.15) is 22.3 Å². The van der Waals surface area contributed by atoms with E-state index in [0.29, 0.717) is 12.2 Å². The zero-order valence-corrected chi connectivity index (χ0v) is 11.1. The number of halogens is 1. The first-order valence-corrected chi connectivity index (χ1v) is 6.30. The predicted molar refractivity (Wildman–Crippen MR) is 66.6 cm³/mol. The van der Waals surface area contributed by atoms with Gasteiger partial charge in [0.05, 0.1) is 18.1 Å². The lowest BCUT2D eigenvalue weighted by molar-refractivity contribution is 0.544. The van der Waals surface area contributed by atoms with Gasteiger partial charge < -0.3 is 0 Å². The summed E-state index contributed by atoms with van der Waals surface area (Å²) < 4.78 is 0. The molecule has 0 saturated carbocycles. The van der Waals surface area contributed by atoms with Gasteiger partial charge in [-0.1, -0.05) is 11.6 Å². The van der Waals surface area contributed by atoms with Crippen LogP contribution in [-0.4, -0.2) is 20.2 Å². The van der Waals surface area contributed by atoms with Gasteiger partial charge in [-0.3, -0.25) is 11.3 Å². The monoisotopic (exact) mass is 272 g/mol. The van der Waals surface area contributed by atoms with Crippen molar-refractivity contribution in [1.82, 2.24) is 25.6 Å². The minimum atomic E-state index is -0.0922. The van der Waals surface area contributed by atoms with Gasteiger partial charge >= 0.3 is 0 Å². The molecule has 0 spiro atoms. The molecule has 6 nitrogen and oxygen atoms in total. The van der Waals surface area contributed by atoms with E-state index in [1.165, 1.54) is 4.80 Å². The summed E-state index contributed by atoms with van der Waals surface area (Å²) in [6, 6.07) is -0.0922. The number of hydrazine groups is 1. The number of aryl methyl sites for hydroxylation is 2. The van der Waals surface area contributed by atoms with Crippen molar-refractivity contribution in [1.29, 1.82) is 0 Å². The first kappa shape index (κ1) is 12.4. The van der Waals surface area contributed by atoms with Gasteiger partial charge in [0.25, 0.3) is 0 Å². The van der Waals surface area contributed by atoms with E-state index >= 15 is 0 Å². The number of hydrogen-bond donors (Lipinski definition) is 2. The van der Waals surface area contributed by atoms with Crippen molar-refractivity contribution in [2.24, 2.45) is 12.9 Å². The lowest BCUT2D eigenvalue weighted by atomic mass is 10.1. The van der Waals surface area contributed by atoms with Gasteiger partial charge in [-0.25, -0.2) is 0 Å². The molecule has 1 unspecified atom stereocenters. The Morgan fingerprint density at radius 2 is 2.41 bits per heavy atom. The average molecular weight is 273 g/mol. The number of nitrogens with one attached hydrogen (secondary N) is 1. The minimum absolute atomic E-state index is 0.0922. The van der Waals surface area contributed by atoms with Gasteiger partial charge in [0, 0.05) is 11.3 Å². The summed E-state index contributed by atoms with van der Waals surface area (Å²) >= 11 is 7.78. The van der Waals surface area contributed by atoms with Gasteiger partial charge in [0.1, 0.15) is 0 Å². The van der Waals surface area contributed by atoms with Gasteiger partial charge in [0.2, 0.25) is 0 Å². The molecule has 2 heterocycles. The third-order valence-electron chi connectivity index (χ3n) is 2.38. The maximum absolute atomic E-state index is 6.21. The molecular formula is C9H13ClN6S. The molecule has 2 aromatic heterocycles. The standard InChI is InChI=1S/C9H13ClN6S/c1-5-4-17-9(8(5)10)6(12-11)3-7-13-15-16(2)14-7/h4,6,12H,3,11H2,1-2H3. The van der Waals surface area contributed by atoms with E-state index in [1.54, 1.807) is 18.4 Å². The maximum Gasteiger partial charge on any atom is 0.176 e. The Morgan fingerprint density at radius 1 is 1.65 bits per heavy atom. The summed E-state index contributed by atoms with van der Waals surface area (Å²) in [5.41, 5.74) is 3.79. The second-order valence-corrected chi connectivity index (χ2v) is 5.00. The van der Waals surface area contributed by atoms with Crippen molar-refractivity contribution in [3.63, 3.8) is 0 Å². The Morgan fingerprint density at radius 3 is 2.88 bits per heavy atom. The Balaban J connectivity index is 2.19. The summed E-state index contributed by atoms with van der Waals surface area (Å²) in [5, 5.41) is 14.6. The van der Waals surface area contributed by atoms with Crippen molar-refractivity contribution in [2.45, 2.75) is 19.4 Å². The number of aromatic nitrogens is 4. The van der Waals surface area contributed by atoms with E-state index in [2.05, 4.69) is 20.8 Å². The summed E-state index contributed by atoms with van der Waals surface area (Å²) in [6.45, 7) is 1.97. The molecule has 0 aliphatic carbocycles. The third-order valence-corrected chi connectivity index (χ3v) is 4.21. The third kappa shape index (κ3) is 2.63. The molecule has 2 aromatic rings. The fourth-order valence-corrected chi connectivity index (χ4v) is 2.89. The zero-order chi connectivity index (χ0) is 12.4. The zero-order valence-electron chi connectivity index (χ0n) is 9.51. The molecule has 3 N–H and O–H groups in total. The van der Waals surface area contributed by atoms with Gasteiger partial charge in [-0.2, -0.15) is 4.80 Å². The van der Waals surface area contributed by atoms with Crippen molar-refractivity contribution >= 4 is 22.9 Å². The molecular weight excluding hydrogens is 260 g/mol. The number of rotatable bonds is 4. The largest absolute Gasteiger partial charge is 0.271 e. The van der Waals surface area contributed by atoms with Crippen LogP contribution in [0.4, 0.5) is 0 Å². The van der Waals surface area contributed by atoms with Crippen molar-refractivity contribution in [3.8, 4) is 0 Å². The summed E-state index contributed by atoms with van der Waals surface area (Å²) in [7, 11) is 1.73. The lowest BCUT2D eigenvalue weighted by Gasteiger charge is -2.12.